The third kappa shape index (κ3) is 4.87. The van der Waals surface area contributed by atoms with Gasteiger partial charge in [0.15, 0.2) is 6.61 Å². The lowest BCUT2D eigenvalue weighted by molar-refractivity contribution is -0.143. The van der Waals surface area contributed by atoms with Crippen molar-refractivity contribution in [1.82, 2.24) is 10.6 Å². The molecule has 2 aromatic rings. The van der Waals surface area contributed by atoms with E-state index in [1.54, 1.807) is 26.8 Å². The molecule has 1 unspecified atom stereocenters. The summed E-state index contributed by atoms with van der Waals surface area (Å²) in [6.45, 7) is 4.39. The van der Waals surface area contributed by atoms with Gasteiger partial charge in [0.05, 0.1) is 6.54 Å². The van der Waals surface area contributed by atoms with Crippen molar-refractivity contribution in [2.75, 3.05) is 13.2 Å². The highest BCUT2D eigenvalue weighted by atomic mass is 16.5. The Labute approximate surface area is 178 Å². The van der Waals surface area contributed by atoms with Gasteiger partial charge >= 0.3 is 11.6 Å². The minimum Gasteiger partial charge on any atom is -0.483 e. The van der Waals surface area contributed by atoms with Crippen LogP contribution in [0.5, 0.6) is 5.75 Å². The molecule has 1 atom stereocenters. The van der Waals surface area contributed by atoms with Gasteiger partial charge < -0.3 is 24.9 Å². The van der Waals surface area contributed by atoms with Gasteiger partial charge in [-0.15, -0.1) is 0 Å². The number of rotatable bonds is 8. The quantitative estimate of drug-likeness (QED) is 0.538. The van der Waals surface area contributed by atoms with E-state index < -0.39 is 23.8 Å². The fraction of sp³-hybridized carbons (Fsp3) is 0.455. The van der Waals surface area contributed by atoms with E-state index in [2.05, 4.69) is 10.6 Å². The lowest BCUT2D eigenvalue weighted by Crippen LogP contribution is -2.48. The van der Waals surface area contributed by atoms with Crippen LogP contribution in [0.1, 0.15) is 37.0 Å². The highest BCUT2D eigenvalue weighted by molar-refractivity contribution is 5.89. The largest absolute Gasteiger partial charge is 0.483 e. The lowest BCUT2D eigenvalue weighted by atomic mass is 10.0. The molecule has 166 valence electrons. The van der Waals surface area contributed by atoms with E-state index in [9.17, 15) is 19.2 Å². The van der Waals surface area contributed by atoms with Gasteiger partial charge in [-0.05, 0) is 49.8 Å². The molecule has 1 aliphatic carbocycles. The monoisotopic (exact) mass is 430 g/mol. The van der Waals surface area contributed by atoms with Gasteiger partial charge in [-0.3, -0.25) is 9.59 Å². The molecule has 2 amide bonds. The van der Waals surface area contributed by atoms with Crippen LogP contribution in [0.25, 0.3) is 11.0 Å². The molecule has 0 saturated heterocycles. The topological polar surface area (TPSA) is 135 Å². The van der Waals surface area contributed by atoms with Crippen LogP contribution in [-0.2, 0) is 27.2 Å². The van der Waals surface area contributed by atoms with Gasteiger partial charge in [-0.25, -0.2) is 9.59 Å². The third-order valence-electron chi connectivity index (χ3n) is 5.39. The molecule has 0 bridgehead atoms. The summed E-state index contributed by atoms with van der Waals surface area (Å²) in [4.78, 5) is 47.3. The van der Waals surface area contributed by atoms with Crippen molar-refractivity contribution in [2.45, 2.75) is 46.1 Å². The smallest absolute Gasteiger partial charge is 0.339 e. The first-order chi connectivity index (χ1) is 14.7. The Morgan fingerprint density at radius 2 is 1.87 bits per heavy atom. The van der Waals surface area contributed by atoms with Crippen LogP contribution in [0.15, 0.2) is 21.3 Å². The predicted molar refractivity (Wildman–Crippen MR) is 112 cm³/mol. The van der Waals surface area contributed by atoms with Crippen molar-refractivity contribution >= 4 is 28.8 Å². The van der Waals surface area contributed by atoms with Gasteiger partial charge in [0.2, 0.25) is 5.91 Å². The second-order valence-corrected chi connectivity index (χ2v) is 7.96. The number of fused-ring (bicyclic) bond motifs is 3. The molecule has 0 aliphatic heterocycles. The van der Waals surface area contributed by atoms with Crippen molar-refractivity contribution in [3.05, 3.63) is 39.2 Å². The molecule has 9 heteroatoms. The van der Waals surface area contributed by atoms with E-state index in [-0.39, 0.29) is 24.7 Å². The first kappa shape index (κ1) is 22.3. The number of carbonyl (C=O) groups excluding carboxylic acids is 2. The first-order valence-electron chi connectivity index (χ1n) is 10.2. The molecule has 1 aliphatic rings. The number of aliphatic carboxylic acids is 1. The summed E-state index contributed by atoms with van der Waals surface area (Å²) in [7, 11) is 0. The number of hydrogen-bond acceptors (Lipinski definition) is 6. The highest BCUT2D eigenvalue weighted by Crippen LogP contribution is 2.32. The Bertz CT molecular complexity index is 1090. The maximum absolute atomic E-state index is 12.2. The van der Waals surface area contributed by atoms with Crippen molar-refractivity contribution in [2.24, 2.45) is 5.92 Å². The second-order valence-electron chi connectivity index (χ2n) is 7.96. The summed E-state index contributed by atoms with van der Waals surface area (Å²) >= 11 is 0. The summed E-state index contributed by atoms with van der Waals surface area (Å²) in [6.07, 6.45) is 2.48. The minimum absolute atomic E-state index is 0.294. The van der Waals surface area contributed by atoms with Crippen LogP contribution in [0.2, 0.25) is 0 Å². The maximum atomic E-state index is 12.2. The van der Waals surface area contributed by atoms with Gasteiger partial charge in [-0.1, -0.05) is 13.8 Å². The van der Waals surface area contributed by atoms with Crippen LogP contribution in [0.4, 0.5) is 0 Å². The Kier molecular flexibility index (Phi) is 6.62. The van der Waals surface area contributed by atoms with Crippen LogP contribution in [0, 0.1) is 12.8 Å². The standard InChI is InChI=1S/C22H26N2O7/c1-11(2)19(21(27)28)24-17(25)9-23-18(26)10-30-16-8-7-14-13-5-4-6-15(13)22(29)31-20(14)12(16)3/h7-8,11,19H,4-6,9-10H2,1-3H3,(H,23,26)(H,24,25)(H,27,28). The number of hydrogen-bond donors (Lipinski definition) is 3. The number of carbonyl (C=O) groups is 3. The van der Waals surface area contributed by atoms with Gasteiger partial charge in [0.25, 0.3) is 5.91 Å². The minimum atomic E-state index is -1.14. The summed E-state index contributed by atoms with van der Waals surface area (Å²) < 4.78 is 11.1. The number of benzene rings is 1. The molecule has 1 aromatic carbocycles. The van der Waals surface area contributed by atoms with E-state index in [1.807, 2.05) is 6.07 Å². The van der Waals surface area contributed by atoms with Crippen molar-refractivity contribution < 1.29 is 28.6 Å². The zero-order valence-corrected chi connectivity index (χ0v) is 17.7. The summed E-state index contributed by atoms with van der Waals surface area (Å²) in [5, 5.41) is 14.7. The van der Waals surface area contributed by atoms with Gasteiger partial charge in [-0.2, -0.15) is 0 Å². The van der Waals surface area contributed by atoms with E-state index in [0.717, 1.165) is 35.8 Å². The normalized spacial score (nSPS) is 13.7. The Hall–Kier alpha value is -3.36. The molecular weight excluding hydrogens is 404 g/mol. The average molecular weight is 430 g/mol. The van der Waals surface area contributed by atoms with Crippen LogP contribution in [-0.4, -0.2) is 42.1 Å². The second kappa shape index (κ2) is 9.20. The summed E-state index contributed by atoms with van der Waals surface area (Å²) in [5.74, 6) is -2.17. The van der Waals surface area contributed by atoms with Crippen molar-refractivity contribution in [3.8, 4) is 5.75 Å². The average Bonchev–Trinajstić information content (AvgIpc) is 3.21. The molecule has 9 nitrogen and oxygen atoms in total. The van der Waals surface area contributed by atoms with E-state index in [0.29, 0.717) is 16.9 Å². The van der Waals surface area contributed by atoms with Crippen LogP contribution < -0.4 is 21.0 Å². The molecule has 3 rings (SSSR count). The number of aryl methyl sites for hydroxylation is 2. The molecule has 0 spiro atoms. The predicted octanol–water partition coefficient (Wildman–Crippen LogP) is 1.31. The summed E-state index contributed by atoms with van der Waals surface area (Å²) in [5.41, 5.74) is 2.50. The van der Waals surface area contributed by atoms with E-state index in [1.165, 1.54) is 0 Å². The maximum Gasteiger partial charge on any atom is 0.339 e. The fourth-order valence-electron chi connectivity index (χ4n) is 3.73. The Morgan fingerprint density at radius 3 is 2.55 bits per heavy atom. The zero-order valence-electron chi connectivity index (χ0n) is 17.7. The number of carboxylic acids is 1. The fourth-order valence-corrected chi connectivity index (χ4v) is 3.73. The molecule has 0 radical (unpaired) electrons. The van der Waals surface area contributed by atoms with E-state index in [4.69, 9.17) is 14.3 Å². The van der Waals surface area contributed by atoms with Gasteiger partial charge in [0, 0.05) is 16.5 Å². The Balaban J connectivity index is 1.60. The molecule has 3 N–H and O–H groups in total. The number of ether oxygens (including phenoxy) is 1. The number of amides is 2. The molecular formula is C22H26N2O7. The van der Waals surface area contributed by atoms with Crippen LogP contribution >= 0.6 is 0 Å². The van der Waals surface area contributed by atoms with Gasteiger partial charge in [0.1, 0.15) is 17.4 Å². The molecule has 0 saturated carbocycles. The highest BCUT2D eigenvalue weighted by Gasteiger charge is 2.24. The zero-order chi connectivity index (χ0) is 22.7. The molecule has 0 fully saturated rings. The number of carboxylic acid groups (broad SMARTS) is 1. The van der Waals surface area contributed by atoms with Crippen molar-refractivity contribution in [1.29, 1.82) is 0 Å². The van der Waals surface area contributed by atoms with E-state index >= 15 is 0 Å². The van der Waals surface area contributed by atoms with Crippen LogP contribution in [0.3, 0.4) is 0 Å². The SMILES string of the molecule is Cc1c(OCC(=O)NCC(=O)NC(C(=O)O)C(C)C)ccc2c3c(c(=O)oc12)CCC3. The Morgan fingerprint density at radius 1 is 1.16 bits per heavy atom. The number of nitrogens with one attached hydrogen (secondary N) is 2. The lowest BCUT2D eigenvalue weighted by Gasteiger charge is -2.18. The molecule has 1 heterocycles. The molecule has 31 heavy (non-hydrogen) atoms. The van der Waals surface area contributed by atoms with Crippen molar-refractivity contribution in [3.63, 3.8) is 0 Å². The third-order valence-corrected chi connectivity index (χ3v) is 5.39. The first-order valence-corrected chi connectivity index (χ1v) is 10.2. The summed E-state index contributed by atoms with van der Waals surface area (Å²) in [6, 6.07) is 2.53. The molecule has 1 aromatic heterocycles.